The summed E-state index contributed by atoms with van der Waals surface area (Å²) in [7, 11) is 0. The molecule has 0 aliphatic carbocycles. The molecule has 78 valence electrons. The molecule has 0 aliphatic heterocycles. The van der Waals surface area contributed by atoms with E-state index in [1.54, 1.807) is 4.94 Å². The Kier molecular flexibility index (Phi) is 3.12. The van der Waals surface area contributed by atoms with Crippen LogP contribution in [0.15, 0.2) is 0 Å². The lowest BCUT2D eigenvalue weighted by atomic mass is 10.2. The van der Waals surface area contributed by atoms with Gasteiger partial charge >= 0.3 is 24.2 Å². The highest BCUT2D eigenvalue weighted by Gasteiger charge is 2.69. The lowest BCUT2D eigenvalue weighted by Gasteiger charge is -2.21. The van der Waals surface area contributed by atoms with Crippen LogP contribution < -0.4 is 0 Å². The first kappa shape index (κ1) is 12.0. The van der Waals surface area contributed by atoms with Crippen LogP contribution >= 0.6 is 0 Å². The van der Waals surface area contributed by atoms with Crippen LogP contribution in [0.25, 0.3) is 0 Å². The van der Waals surface area contributed by atoms with E-state index >= 15 is 0 Å². The van der Waals surface area contributed by atoms with Crippen molar-refractivity contribution < 1.29 is 40.6 Å². The lowest BCUT2D eigenvalue weighted by molar-refractivity contribution is -0.281. The fraction of sp³-hybridized carbons (Fsp3) is 0.750. The van der Waals surface area contributed by atoms with Gasteiger partial charge in [0.2, 0.25) is 0 Å². The molecule has 0 heterocycles. The summed E-state index contributed by atoms with van der Waals surface area (Å²) in [6.45, 7) is 0. The Bertz CT molecular complexity index is 201. The van der Waals surface area contributed by atoms with E-state index < -0.39 is 24.2 Å². The third kappa shape index (κ3) is 1.83. The summed E-state index contributed by atoms with van der Waals surface area (Å²) in [5, 5.41) is 0. The van der Waals surface area contributed by atoms with Crippen LogP contribution in [0.3, 0.4) is 0 Å². The second kappa shape index (κ2) is 3.38. The lowest BCUT2D eigenvalue weighted by Crippen LogP contribution is -2.51. The number of hydrogen-bond acceptors (Lipinski definition) is 2. The van der Waals surface area contributed by atoms with Crippen molar-refractivity contribution in [1.82, 2.24) is 0 Å². The van der Waals surface area contributed by atoms with Gasteiger partial charge in [-0.3, -0.25) is 0 Å². The van der Waals surface area contributed by atoms with Crippen molar-refractivity contribution in [2.75, 3.05) is 0 Å². The van der Waals surface area contributed by atoms with Crippen molar-refractivity contribution in [3.8, 4) is 0 Å². The average Bonchev–Trinajstić information content (AvgIpc) is 2.02. The van der Waals surface area contributed by atoms with Crippen LogP contribution in [-0.4, -0.2) is 24.2 Å². The molecule has 0 aromatic rings. The van der Waals surface area contributed by atoms with Crippen LogP contribution in [-0.2, 0) is 9.74 Å². The molecule has 0 rings (SSSR count). The van der Waals surface area contributed by atoms with Crippen molar-refractivity contribution in [3.63, 3.8) is 0 Å². The smallest absolute Gasteiger partial charge is 0.248 e. The second-order valence-electron chi connectivity index (χ2n) is 1.86. The first-order chi connectivity index (χ1) is 5.67. The molecule has 0 saturated carbocycles. The van der Waals surface area contributed by atoms with E-state index in [9.17, 15) is 35.7 Å². The van der Waals surface area contributed by atoms with Crippen LogP contribution in [0, 0.1) is 0 Å². The van der Waals surface area contributed by atoms with Gasteiger partial charge in [-0.1, -0.05) is 0 Å². The van der Waals surface area contributed by atoms with E-state index in [0.29, 0.717) is 0 Å². The van der Waals surface area contributed by atoms with Crippen LogP contribution in [0.4, 0.5) is 30.9 Å². The number of rotatable bonds is 3. The number of carbonyl (C=O) groups excluding carboxylic acids is 1. The van der Waals surface area contributed by atoms with E-state index in [1.165, 1.54) is 0 Å². The first-order valence-corrected chi connectivity index (χ1v) is 2.54. The summed E-state index contributed by atoms with van der Waals surface area (Å²) in [4.78, 5) is 11.4. The average molecular weight is 214 g/mol. The minimum atomic E-state index is -5.96. The molecule has 0 spiro atoms. The summed E-state index contributed by atoms with van der Waals surface area (Å²) in [5.74, 6) is -15.2. The largest absolute Gasteiger partial charge is 0.424 e. The van der Waals surface area contributed by atoms with Crippen molar-refractivity contribution in [2.24, 2.45) is 0 Å². The number of carbonyl (C=O) groups is 1. The fourth-order valence-electron chi connectivity index (χ4n) is 0.322. The zero-order valence-corrected chi connectivity index (χ0v) is 5.54. The van der Waals surface area contributed by atoms with E-state index in [2.05, 4.69) is 0 Å². The molecular formula is C4HF7O2. The molecule has 0 radical (unpaired) electrons. The van der Waals surface area contributed by atoms with E-state index in [4.69, 9.17) is 0 Å². The van der Waals surface area contributed by atoms with Crippen molar-refractivity contribution in [3.05, 3.63) is 0 Å². The van der Waals surface area contributed by atoms with Gasteiger partial charge in [-0.25, -0.2) is 18.5 Å². The van der Waals surface area contributed by atoms with E-state index in [-0.39, 0.29) is 0 Å². The number of hydrogen-bond donors (Lipinski definition) is 0. The van der Waals surface area contributed by atoms with Gasteiger partial charge in [0.05, 0.1) is 0 Å². The maximum Gasteiger partial charge on any atom is 0.424 e. The molecule has 9 heteroatoms. The molecule has 0 bridgehead atoms. The van der Waals surface area contributed by atoms with E-state index in [1.807, 2.05) is 0 Å². The highest BCUT2D eigenvalue weighted by Crippen LogP contribution is 2.39. The van der Waals surface area contributed by atoms with Gasteiger partial charge in [0.25, 0.3) is 0 Å². The van der Waals surface area contributed by atoms with Crippen molar-refractivity contribution in [1.29, 1.82) is 0 Å². The standard InChI is InChI=1S/C4HF7O2/c5-1(6)3(7,8)4(9,10)2(12)13-11/h1H. The van der Waals surface area contributed by atoms with Gasteiger partial charge in [-0.05, 0) is 0 Å². The van der Waals surface area contributed by atoms with Crippen LogP contribution in [0.2, 0.25) is 0 Å². The van der Waals surface area contributed by atoms with Gasteiger partial charge < -0.3 is 0 Å². The molecular weight excluding hydrogens is 213 g/mol. The molecule has 0 aromatic heterocycles. The minimum absolute atomic E-state index is 1.75. The maximum atomic E-state index is 11.9. The zero-order chi connectivity index (χ0) is 10.9. The maximum absolute atomic E-state index is 11.9. The summed E-state index contributed by atoms with van der Waals surface area (Å²) < 4.78 is 80.6. The predicted molar refractivity (Wildman–Crippen MR) is 23.1 cm³/mol. The van der Waals surface area contributed by atoms with Crippen molar-refractivity contribution in [2.45, 2.75) is 18.3 Å². The molecule has 0 aromatic carbocycles. The molecule has 0 saturated heterocycles. The van der Waals surface area contributed by atoms with Gasteiger partial charge in [0, 0.05) is 4.53 Å². The Balaban J connectivity index is 4.91. The van der Waals surface area contributed by atoms with E-state index in [0.717, 1.165) is 0 Å². The highest BCUT2D eigenvalue weighted by atomic mass is 19.3. The minimum Gasteiger partial charge on any atom is -0.248 e. The van der Waals surface area contributed by atoms with Crippen LogP contribution in [0.5, 0.6) is 0 Å². The summed E-state index contributed by atoms with van der Waals surface area (Å²) in [5.41, 5.74) is 0. The number of alkyl halides is 6. The topological polar surface area (TPSA) is 26.3 Å². The Hall–Kier alpha value is -1.02. The monoisotopic (exact) mass is 214 g/mol. The quantitative estimate of drug-likeness (QED) is 0.671. The first-order valence-electron chi connectivity index (χ1n) is 2.54. The zero-order valence-electron chi connectivity index (χ0n) is 5.54. The van der Waals surface area contributed by atoms with Crippen molar-refractivity contribution >= 4 is 5.97 Å². The van der Waals surface area contributed by atoms with Gasteiger partial charge in [0.15, 0.2) is 0 Å². The third-order valence-electron chi connectivity index (χ3n) is 1.02. The highest BCUT2D eigenvalue weighted by molar-refractivity contribution is 5.78. The molecule has 13 heavy (non-hydrogen) atoms. The molecule has 0 N–H and O–H groups in total. The fourth-order valence-corrected chi connectivity index (χ4v) is 0.322. The summed E-state index contributed by atoms with van der Waals surface area (Å²) >= 11 is 0. The van der Waals surface area contributed by atoms with Gasteiger partial charge in [0.1, 0.15) is 0 Å². The molecule has 0 atom stereocenters. The second-order valence-corrected chi connectivity index (χ2v) is 1.86. The Labute approximate surface area is 66.2 Å². The molecule has 0 unspecified atom stereocenters. The summed E-state index contributed by atoms with van der Waals surface area (Å²) in [6.07, 6.45) is -4.80. The SMILES string of the molecule is O=C(OF)C(F)(F)C(F)(F)C(F)F. The summed E-state index contributed by atoms with van der Waals surface area (Å²) in [6, 6.07) is 0. The Morgan fingerprint density at radius 2 is 1.54 bits per heavy atom. The van der Waals surface area contributed by atoms with Crippen LogP contribution in [0.1, 0.15) is 0 Å². The predicted octanol–water partition coefficient (Wildman–Crippen LogP) is 1.95. The molecule has 2 nitrogen and oxygen atoms in total. The number of halogens is 7. The Morgan fingerprint density at radius 3 is 1.77 bits per heavy atom. The Morgan fingerprint density at radius 1 is 1.15 bits per heavy atom. The molecule has 0 aliphatic rings. The third-order valence-corrected chi connectivity index (χ3v) is 1.02. The molecule has 0 fully saturated rings. The van der Waals surface area contributed by atoms with Gasteiger partial charge in [-0.2, -0.15) is 17.6 Å². The van der Waals surface area contributed by atoms with Gasteiger partial charge in [-0.15, -0.1) is 0 Å². The molecule has 0 amide bonds. The normalized spacial score (nSPS) is 13.2.